The second-order valence-electron chi connectivity index (χ2n) is 5.77. The molecule has 2 atom stereocenters. The van der Waals surface area contributed by atoms with E-state index < -0.39 is 0 Å². The lowest BCUT2D eigenvalue weighted by Crippen LogP contribution is -2.31. The highest BCUT2D eigenvalue weighted by Crippen LogP contribution is 2.26. The molecule has 1 aromatic heterocycles. The monoisotopic (exact) mass is 340 g/mol. The summed E-state index contributed by atoms with van der Waals surface area (Å²) < 4.78 is 15.8. The van der Waals surface area contributed by atoms with Gasteiger partial charge < -0.3 is 0 Å². The molecule has 2 unspecified atom stereocenters. The summed E-state index contributed by atoms with van der Waals surface area (Å²) in [5, 5.41) is 3.49. The molecule has 4 rings (SSSR count). The van der Waals surface area contributed by atoms with Crippen molar-refractivity contribution >= 4 is 28.3 Å². The van der Waals surface area contributed by atoms with Crippen LogP contribution < -0.4 is 5.32 Å². The molecule has 2 heterocycles. The van der Waals surface area contributed by atoms with E-state index in [2.05, 4.69) is 17.2 Å². The van der Waals surface area contributed by atoms with Gasteiger partial charge in [0.25, 0.3) is 0 Å². The van der Waals surface area contributed by atoms with Crippen LogP contribution in [-0.4, -0.2) is 27.0 Å². The normalized spacial score (nSPS) is 18.3. The number of benzene rings is 2. The maximum Gasteiger partial charge on any atom is 0.131 e. The first-order valence-corrected chi connectivity index (χ1v) is 8.90. The lowest BCUT2D eigenvalue weighted by molar-refractivity contribution is 0.481. The Labute approximate surface area is 143 Å². The summed E-state index contributed by atoms with van der Waals surface area (Å²) in [6, 6.07) is 14.6. The average Bonchev–Trinajstić information content (AvgIpc) is 3.22. The standard InChI is InChI=1S/C18H17FN4S/c1-12(21-17-10-24-11-20-17)18-22-15-8-7-13(19)9-16(15)23(18)14-5-3-2-4-6-14/h2-9,11-12,17,21H,10H2,1H3. The van der Waals surface area contributed by atoms with Gasteiger partial charge in [-0.25, -0.2) is 9.37 Å². The van der Waals surface area contributed by atoms with E-state index in [0.29, 0.717) is 0 Å². The molecule has 0 bridgehead atoms. The number of nitrogens with one attached hydrogen (secondary N) is 1. The van der Waals surface area contributed by atoms with E-state index in [1.807, 2.05) is 40.4 Å². The first kappa shape index (κ1) is 15.4. The third-order valence-electron chi connectivity index (χ3n) is 4.06. The Kier molecular flexibility index (Phi) is 4.08. The van der Waals surface area contributed by atoms with Crippen LogP contribution in [0.3, 0.4) is 0 Å². The summed E-state index contributed by atoms with van der Waals surface area (Å²) >= 11 is 1.70. The zero-order valence-corrected chi connectivity index (χ0v) is 14.0. The van der Waals surface area contributed by atoms with Crippen LogP contribution in [0, 0.1) is 5.82 Å². The van der Waals surface area contributed by atoms with Gasteiger partial charge in [0, 0.05) is 17.5 Å². The average molecular weight is 340 g/mol. The molecule has 0 fully saturated rings. The molecule has 0 radical (unpaired) electrons. The molecular formula is C18H17FN4S. The number of thioether (sulfide) groups is 1. The van der Waals surface area contributed by atoms with Crippen molar-refractivity contribution in [1.82, 2.24) is 14.9 Å². The fourth-order valence-corrected chi connectivity index (χ4v) is 3.64. The third-order valence-corrected chi connectivity index (χ3v) is 4.83. The number of nitrogens with zero attached hydrogens (tertiary/aromatic N) is 3. The molecule has 4 nitrogen and oxygen atoms in total. The second kappa shape index (κ2) is 6.37. The minimum atomic E-state index is -0.261. The lowest BCUT2D eigenvalue weighted by atomic mass is 10.2. The number of aromatic nitrogens is 2. The minimum absolute atomic E-state index is 0.0125. The van der Waals surface area contributed by atoms with Gasteiger partial charge in [0.15, 0.2) is 0 Å². The molecule has 1 aliphatic heterocycles. The molecular weight excluding hydrogens is 323 g/mol. The predicted octanol–water partition coefficient (Wildman–Crippen LogP) is 3.92. The SMILES string of the molecule is CC(NC1CSC=N1)c1nc2ccc(F)cc2n1-c1ccccc1. The van der Waals surface area contributed by atoms with Crippen LogP contribution in [0.4, 0.5) is 4.39 Å². The van der Waals surface area contributed by atoms with Crippen LogP contribution in [0.1, 0.15) is 18.8 Å². The van der Waals surface area contributed by atoms with Gasteiger partial charge in [0.05, 0.1) is 22.6 Å². The van der Waals surface area contributed by atoms with Crippen LogP contribution >= 0.6 is 11.8 Å². The maximum absolute atomic E-state index is 13.8. The van der Waals surface area contributed by atoms with Crippen molar-refractivity contribution in [3.05, 3.63) is 60.2 Å². The molecule has 1 N–H and O–H groups in total. The number of halogens is 1. The first-order chi connectivity index (χ1) is 11.7. The molecule has 1 aliphatic rings. The number of rotatable bonds is 4. The number of aliphatic imine (C=N–C) groups is 1. The zero-order chi connectivity index (χ0) is 16.5. The highest BCUT2D eigenvalue weighted by atomic mass is 32.2. The lowest BCUT2D eigenvalue weighted by Gasteiger charge is -2.18. The molecule has 0 saturated carbocycles. The summed E-state index contributed by atoms with van der Waals surface area (Å²) in [6.07, 6.45) is 0.0887. The molecule has 0 amide bonds. The van der Waals surface area contributed by atoms with E-state index in [1.165, 1.54) is 12.1 Å². The van der Waals surface area contributed by atoms with Gasteiger partial charge in [-0.3, -0.25) is 14.9 Å². The van der Waals surface area contributed by atoms with Gasteiger partial charge in [-0.2, -0.15) is 0 Å². The number of hydrogen-bond acceptors (Lipinski definition) is 4. The van der Waals surface area contributed by atoms with Gasteiger partial charge in [-0.05, 0) is 31.2 Å². The minimum Gasteiger partial charge on any atom is -0.295 e. The fraction of sp³-hybridized carbons (Fsp3) is 0.222. The van der Waals surface area contributed by atoms with E-state index in [9.17, 15) is 4.39 Å². The van der Waals surface area contributed by atoms with Crippen molar-refractivity contribution in [3.63, 3.8) is 0 Å². The topological polar surface area (TPSA) is 42.2 Å². The molecule has 0 saturated heterocycles. The second-order valence-corrected chi connectivity index (χ2v) is 6.64. The van der Waals surface area contributed by atoms with E-state index in [1.54, 1.807) is 17.8 Å². The van der Waals surface area contributed by atoms with E-state index in [0.717, 1.165) is 28.3 Å². The van der Waals surface area contributed by atoms with Gasteiger partial charge in [0.1, 0.15) is 17.8 Å². The molecule has 0 aliphatic carbocycles. The van der Waals surface area contributed by atoms with Gasteiger partial charge in [-0.1, -0.05) is 18.2 Å². The van der Waals surface area contributed by atoms with Crippen molar-refractivity contribution in [2.75, 3.05) is 5.75 Å². The van der Waals surface area contributed by atoms with Crippen molar-refractivity contribution in [1.29, 1.82) is 0 Å². The fourth-order valence-electron chi connectivity index (χ4n) is 2.95. The van der Waals surface area contributed by atoms with E-state index >= 15 is 0 Å². The van der Waals surface area contributed by atoms with Crippen LogP contribution in [0.5, 0.6) is 0 Å². The maximum atomic E-state index is 13.8. The number of para-hydroxylation sites is 1. The summed E-state index contributed by atoms with van der Waals surface area (Å²) in [5.41, 5.74) is 4.40. The molecule has 3 aromatic rings. The predicted molar refractivity (Wildman–Crippen MR) is 97.3 cm³/mol. The smallest absolute Gasteiger partial charge is 0.131 e. The van der Waals surface area contributed by atoms with Crippen molar-refractivity contribution < 1.29 is 4.39 Å². The summed E-state index contributed by atoms with van der Waals surface area (Å²) in [6.45, 7) is 2.06. The number of imidazole rings is 1. The zero-order valence-electron chi connectivity index (χ0n) is 13.2. The third kappa shape index (κ3) is 2.83. The molecule has 24 heavy (non-hydrogen) atoms. The Hall–Kier alpha value is -2.18. The Balaban J connectivity index is 1.83. The molecule has 2 aromatic carbocycles. The molecule has 0 spiro atoms. The van der Waals surface area contributed by atoms with Crippen molar-refractivity contribution in [2.45, 2.75) is 19.1 Å². The van der Waals surface area contributed by atoms with Gasteiger partial charge in [0.2, 0.25) is 0 Å². The van der Waals surface area contributed by atoms with Gasteiger partial charge in [-0.15, -0.1) is 11.8 Å². The van der Waals surface area contributed by atoms with Crippen LogP contribution in [-0.2, 0) is 0 Å². The van der Waals surface area contributed by atoms with Crippen LogP contribution in [0.25, 0.3) is 16.7 Å². The van der Waals surface area contributed by atoms with Crippen molar-refractivity contribution in [2.24, 2.45) is 4.99 Å². The quantitative estimate of drug-likeness (QED) is 0.783. The summed E-state index contributed by atoms with van der Waals surface area (Å²) in [5.74, 6) is 1.52. The van der Waals surface area contributed by atoms with E-state index in [-0.39, 0.29) is 18.0 Å². The van der Waals surface area contributed by atoms with E-state index in [4.69, 9.17) is 4.98 Å². The number of hydrogen-bond donors (Lipinski definition) is 1. The summed E-state index contributed by atoms with van der Waals surface area (Å²) in [7, 11) is 0. The molecule has 6 heteroatoms. The van der Waals surface area contributed by atoms with Gasteiger partial charge >= 0.3 is 0 Å². The van der Waals surface area contributed by atoms with Crippen molar-refractivity contribution in [3.8, 4) is 5.69 Å². The highest BCUT2D eigenvalue weighted by Gasteiger charge is 2.21. The van der Waals surface area contributed by atoms with Crippen LogP contribution in [0.15, 0.2) is 53.5 Å². The largest absolute Gasteiger partial charge is 0.295 e. The highest BCUT2D eigenvalue weighted by molar-refractivity contribution is 8.12. The Morgan fingerprint density at radius 3 is 2.83 bits per heavy atom. The Morgan fingerprint density at radius 1 is 1.25 bits per heavy atom. The van der Waals surface area contributed by atoms with Crippen LogP contribution in [0.2, 0.25) is 0 Å². The summed E-state index contributed by atoms with van der Waals surface area (Å²) in [4.78, 5) is 9.15. The molecule has 122 valence electrons. The Morgan fingerprint density at radius 2 is 2.08 bits per heavy atom. The first-order valence-electron chi connectivity index (χ1n) is 7.85. The number of fused-ring (bicyclic) bond motifs is 1. The Bertz CT molecular complexity index is 891.